The predicted octanol–water partition coefficient (Wildman–Crippen LogP) is -5.25. The molecule has 0 aliphatic carbocycles. The molecule has 234 valence electrons. The number of amides is 4. The highest BCUT2D eigenvalue weighted by Crippen LogP contribution is 2.13. The van der Waals surface area contributed by atoms with Crippen LogP contribution in [0, 0.1) is 0 Å². The summed E-state index contributed by atoms with van der Waals surface area (Å²) < 4.78 is 31.7. The Hall–Kier alpha value is -4.73. The van der Waals surface area contributed by atoms with Gasteiger partial charge in [0.05, 0.1) is 26.1 Å². The van der Waals surface area contributed by atoms with Gasteiger partial charge in [0.2, 0.25) is 23.6 Å². The number of aliphatic carboxylic acids is 3. The number of aliphatic hydroxyl groups is 1. The third-order valence-electron chi connectivity index (χ3n) is 4.28. The quantitative estimate of drug-likeness (QED) is 0.0445. The van der Waals surface area contributed by atoms with E-state index in [2.05, 4.69) is 20.9 Å². The van der Waals surface area contributed by atoms with Gasteiger partial charge in [0.15, 0.2) is 5.96 Å². The van der Waals surface area contributed by atoms with Crippen LogP contribution in [0.5, 0.6) is 0 Å². The van der Waals surface area contributed by atoms with Crippen molar-refractivity contribution in [1.82, 2.24) is 21.3 Å². The van der Waals surface area contributed by atoms with Crippen LogP contribution in [-0.2, 0) is 33.6 Å². The number of halogens is 3. The van der Waals surface area contributed by atoms with Gasteiger partial charge in [-0.1, -0.05) is 0 Å². The molecular weight excluding hydrogens is 573 g/mol. The van der Waals surface area contributed by atoms with E-state index in [1.165, 1.54) is 0 Å². The predicted molar refractivity (Wildman–Crippen MR) is 128 cm³/mol. The molecule has 0 heterocycles. The van der Waals surface area contributed by atoms with Crippen LogP contribution in [0.3, 0.4) is 0 Å². The summed E-state index contributed by atoms with van der Waals surface area (Å²) in [7, 11) is 0. The van der Waals surface area contributed by atoms with Crippen molar-refractivity contribution in [3.63, 3.8) is 0 Å². The molecule has 0 aliphatic rings. The van der Waals surface area contributed by atoms with Gasteiger partial charge in [-0.15, -0.1) is 0 Å². The Balaban J connectivity index is 0. The molecule has 0 radical (unpaired) electrons. The van der Waals surface area contributed by atoms with E-state index in [-0.39, 0.29) is 18.9 Å². The highest BCUT2D eigenvalue weighted by Gasteiger charge is 2.38. The number of carboxylic acid groups (broad SMARTS) is 3. The highest BCUT2D eigenvalue weighted by atomic mass is 19.4. The lowest BCUT2D eigenvalue weighted by Gasteiger charge is -2.20. The molecule has 41 heavy (non-hydrogen) atoms. The molecule has 0 fully saturated rings. The van der Waals surface area contributed by atoms with Crippen molar-refractivity contribution in [1.29, 1.82) is 0 Å². The molecule has 3 atom stereocenters. The maximum Gasteiger partial charge on any atom is 0.490 e. The molecule has 3 unspecified atom stereocenters. The minimum absolute atomic E-state index is 0.0950. The molecule has 0 saturated carbocycles. The van der Waals surface area contributed by atoms with E-state index < -0.39 is 92.0 Å². The first-order valence-corrected chi connectivity index (χ1v) is 11.1. The van der Waals surface area contributed by atoms with E-state index in [1.54, 1.807) is 0 Å². The minimum atomic E-state index is -5.08. The summed E-state index contributed by atoms with van der Waals surface area (Å²) in [6.07, 6.45) is -5.59. The topological polar surface area (TPSA) is 339 Å². The van der Waals surface area contributed by atoms with Crippen LogP contribution >= 0.6 is 0 Å². The van der Waals surface area contributed by atoms with Gasteiger partial charge in [0.25, 0.3) is 0 Å². The first kappa shape index (κ1) is 38.4. The van der Waals surface area contributed by atoms with Gasteiger partial charge in [-0.25, -0.2) is 9.59 Å². The number of aliphatic hydroxyl groups excluding tert-OH is 1. The van der Waals surface area contributed by atoms with Gasteiger partial charge in [-0.05, 0) is 12.8 Å². The number of nitrogens with one attached hydrogen (secondary N) is 4. The van der Waals surface area contributed by atoms with Crippen LogP contribution in [0.25, 0.3) is 0 Å². The zero-order chi connectivity index (χ0) is 32.3. The first-order chi connectivity index (χ1) is 18.8. The zero-order valence-electron chi connectivity index (χ0n) is 21.1. The number of rotatable bonds is 16. The zero-order valence-corrected chi connectivity index (χ0v) is 21.1. The summed E-state index contributed by atoms with van der Waals surface area (Å²) in [5, 5.41) is 42.4. The fourth-order valence-electron chi connectivity index (χ4n) is 2.40. The van der Waals surface area contributed by atoms with E-state index in [0.717, 1.165) is 0 Å². The standard InChI is InChI=1S/C17H30N8O9.C2HF3O2/c18-5-11(27)23-8(2-1-3-21-17(19)20)14(31)22-6-12(28)24-9(4-13(29)30)15(32)25-10(7-26)16(33)34;3-2(4,5)1(6)7/h8-10,26H,1-7,18H2,(H,22,31)(H,23,27)(H,24,28)(H,25,32)(H,29,30)(H,33,34)(H4,19,20,21);(H,6,7). The molecule has 0 aromatic heterocycles. The fourth-order valence-corrected chi connectivity index (χ4v) is 2.40. The molecule has 0 aromatic carbocycles. The molecule has 22 heteroatoms. The molecule has 0 saturated heterocycles. The molecule has 0 rings (SSSR count). The monoisotopic (exact) mass is 604 g/mol. The number of nitrogens with two attached hydrogens (primary N) is 3. The lowest BCUT2D eigenvalue weighted by atomic mass is 10.1. The van der Waals surface area contributed by atoms with Crippen molar-refractivity contribution in [2.24, 2.45) is 22.2 Å². The van der Waals surface area contributed by atoms with E-state index in [9.17, 15) is 41.9 Å². The summed E-state index contributed by atoms with van der Waals surface area (Å²) >= 11 is 0. The van der Waals surface area contributed by atoms with Crippen LogP contribution in [0.15, 0.2) is 4.99 Å². The van der Waals surface area contributed by atoms with Crippen LogP contribution in [0.4, 0.5) is 13.2 Å². The molecule has 0 aromatic rings. The lowest BCUT2D eigenvalue weighted by molar-refractivity contribution is -0.192. The van der Waals surface area contributed by atoms with E-state index in [0.29, 0.717) is 6.42 Å². The van der Waals surface area contributed by atoms with E-state index >= 15 is 0 Å². The van der Waals surface area contributed by atoms with Crippen molar-refractivity contribution >= 4 is 47.5 Å². The van der Waals surface area contributed by atoms with Gasteiger partial charge >= 0.3 is 24.1 Å². The number of hydrogen-bond acceptors (Lipinski definition) is 10. The Morgan fingerprint density at radius 2 is 1.37 bits per heavy atom. The second-order valence-electron chi connectivity index (χ2n) is 7.59. The molecule has 0 aliphatic heterocycles. The number of hydrogen-bond donors (Lipinski definition) is 11. The summed E-state index contributed by atoms with van der Waals surface area (Å²) in [4.78, 5) is 82.8. The average molecular weight is 604 g/mol. The number of nitrogens with zero attached hydrogens (tertiary/aromatic N) is 1. The van der Waals surface area contributed by atoms with Gasteiger partial charge < -0.3 is 58.9 Å². The van der Waals surface area contributed by atoms with Crippen molar-refractivity contribution < 1.29 is 67.2 Å². The Bertz CT molecular complexity index is 974. The number of guanidine groups is 1. The van der Waals surface area contributed by atoms with Gasteiger partial charge in [0.1, 0.15) is 18.1 Å². The van der Waals surface area contributed by atoms with Crippen LogP contribution in [-0.4, -0.2) is 118 Å². The van der Waals surface area contributed by atoms with E-state index in [1.807, 2.05) is 5.32 Å². The van der Waals surface area contributed by atoms with Gasteiger partial charge in [0, 0.05) is 6.54 Å². The number of aliphatic imine (C=N–C) groups is 1. The number of alkyl halides is 3. The molecule has 0 bridgehead atoms. The normalized spacial score (nSPS) is 12.6. The molecular formula is C19H31F3N8O11. The number of carbonyl (C=O) groups excluding carboxylic acids is 4. The van der Waals surface area contributed by atoms with Crippen LogP contribution < -0.4 is 38.5 Å². The maximum atomic E-state index is 12.4. The Morgan fingerprint density at radius 3 is 1.78 bits per heavy atom. The second kappa shape index (κ2) is 19.3. The molecule has 4 amide bonds. The van der Waals surface area contributed by atoms with Crippen molar-refractivity contribution in [2.45, 2.75) is 43.6 Å². The van der Waals surface area contributed by atoms with Crippen molar-refractivity contribution in [3.8, 4) is 0 Å². The van der Waals surface area contributed by atoms with E-state index in [4.69, 9.17) is 42.4 Å². The molecule has 14 N–H and O–H groups in total. The van der Waals surface area contributed by atoms with Crippen LogP contribution in [0.2, 0.25) is 0 Å². The minimum Gasteiger partial charge on any atom is -0.481 e. The third-order valence-corrected chi connectivity index (χ3v) is 4.28. The first-order valence-electron chi connectivity index (χ1n) is 11.1. The summed E-state index contributed by atoms with van der Waals surface area (Å²) in [6, 6.07) is -4.49. The Labute approximate surface area is 228 Å². The lowest BCUT2D eigenvalue weighted by Crippen LogP contribution is -2.55. The highest BCUT2D eigenvalue weighted by molar-refractivity contribution is 5.95. The Kier molecular flexibility index (Phi) is 18.1. The van der Waals surface area contributed by atoms with Crippen molar-refractivity contribution in [2.75, 3.05) is 26.2 Å². The van der Waals surface area contributed by atoms with Gasteiger partial charge in [-0.2, -0.15) is 13.2 Å². The average Bonchev–Trinajstić information content (AvgIpc) is 2.85. The second-order valence-corrected chi connectivity index (χ2v) is 7.59. The molecule has 19 nitrogen and oxygen atoms in total. The molecule has 0 spiro atoms. The van der Waals surface area contributed by atoms with Crippen LogP contribution in [0.1, 0.15) is 19.3 Å². The fraction of sp³-hybridized carbons (Fsp3) is 0.579. The summed E-state index contributed by atoms with van der Waals surface area (Å²) in [6.45, 7) is -1.89. The largest absolute Gasteiger partial charge is 0.490 e. The number of carboxylic acids is 3. The number of carbonyl (C=O) groups is 7. The SMILES string of the molecule is NCC(=O)NC(CCCN=C(N)N)C(=O)NCC(=O)NC(CC(=O)O)C(=O)NC(CO)C(=O)O.O=C(O)C(F)(F)F. The summed E-state index contributed by atoms with van der Waals surface area (Å²) in [5.41, 5.74) is 15.6. The van der Waals surface area contributed by atoms with Crippen molar-refractivity contribution in [3.05, 3.63) is 0 Å². The van der Waals surface area contributed by atoms with Gasteiger partial charge in [-0.3, -0.25) is 29.0 Å². The maximum absolute atomic E-state index is 12.4. The Morgan fingerprint density at radius 1 is 0.829 bits per heavy atom. The summed E-state index contributed by atoms with van der Waals surface area (Å²) in [5.74, 6) is -9.52. The third kappa shape index (κ3) is 19.0. The smallest absolute Gasteiger partial charge is 0.481 e.